The average molecular weight is 341 g/mol. The smallest absolute Gasteiger partial charge is 0.224 e. The minimum absolute atomic E-state index is 0. The molecule has 2 nitrogen and oxygen atoms in total. The van der Waals surface area contributed by atoms with Gasteiger partial charge in [0, 0.05) is 19.6 Å². The molecule has 0 atom stereocenters. The number of unbranched alkanes of at least 4 members (excludes halogenated alkanes) is 2. The second-order valence-electron chi connectivity index (χ2n) is 3.44. The van der Waals surface area contributed by atoms with Gasteiger partial charge in [-0.3, -0.25) is 0 Å². The van der Waals surface area contributed by atoms with Crippen molar-refractivity contribution in [2.75, 3.05) is 13.2 Å². The zero-order valence-electron chi connectivity index (χ0n) is 9.32. The fourth-order valence-corrected chi connectivity index (χ4v) is 1.86. The van der Waals surface area contributed by atoms with Gasteiger partial charge in [0.15, 0.2) is 6.20 Å². The third-order valence-electron chi connectivity index (χ3n) is 2.12. The van der Waals surface area contributed by atoms with E-state index in [9.17, 15) is 0 Å². The summed E-state index contributed by atoms with van der Waals surface area (Å²) in [5.41, 5.74) is 2.15. The van der Waals surface area contributed by atoms with Gasteiger partial charge in [-0.25, -0.2) is 0 Å². The molecule has 0 aliphatic carbocycles. The van der Waals surface area contributed by atoms with Crippen LogP contribution >= 0.6 is 11.3 Å². The second kappa shape index (κ2) is 10.8. The van der Waals surface area contributed by atoms with Crippen molar-refractivity contribution in [3.8, 4) is 0 Å². The lowest BCUT2D eigenvalue weighted by Crippen LogP contribution is -3.00. The molecular weight excluding hydrogens is 321 g/mol. The van der Waals surface area contributed by atoms with Gasteiger partial charge in [-0.2, -0.15) is 4.57 Å². The standard InChI is InChI=1S/C11H20NOS.HI/c1-2-3-8-13-9-5-4-6-12-7-10-14-11-12;/h7,10-11H,2-6,8-9H2,1H3;1H/q+1;/p-1. The van der Waals surface area contributed by atoms with Crippen LogP contribution in [0.3, 0.4) is 0 Å². The zero-order chi connectivity index (χ0) is 10.1. The summed E-state index contributed by atoms with van der Waals surface area (Å²) in [6, 6.07) is 0. The molecule has 1 rings (SSSR count). The normalized spacial score (nSPS) is 9.93. The SMILES string of the molecule is CCCCOCCCC[n+]1ccsc1.[I-]. The Hall–Kier alpha value is 0.320. The van der Waals surface area contributed by atoms with Crippen LogP contribution in [0.2, 0.25) is 0 Å². The number of rotatable bonds is 8. The summed E-state index contributed by atoms with van der Waals surface area (Å²) in [5.74, 6) is 0. The van der Waals surface area contributed by atoms with Crippen molar-refractivity contribution in [2.24, 2.45) is 0 Å². The van der Waals surface area contributed by atoms with E-state index in [0.717, 1.165) is 19.8 Å². The lowest BCUT2D eigenvalue weighted by molar-refractivity contribution is -0.692. The predicted molar refractivity (Wildman–Crippen MR) is 59.5 cm³/mol. The molecule has 88 valence electrons. The van der Waals surface area contributed by atoms with Crippen molar-refractivity contribution < 1.29 is 33.3 Å². The fraction of sp³-hybridized carbons (Fsp3) is 0.727. The number of halogens is 1. The lowest BCUT2D eigenvalue weighted by Gasteiger charge is -2.00. The minimum atomic E-state index is 0. The summed E-state index contributed by atoms with van der Waals surface area (Å²) < 4.78 is 7.72. The summed E-state index contributed by atoms with van der Waals surface area (Å²) >= 11 is 1.75. The van der Waals surface area contributed by atoms with Crippen LogP contribution in [0.1, 0.15) is 32.6 Å². The molecule has 0 saturated carbocycles. The first-order valence-corrected chi connectivity index (χ1v) is 6.36. The van der Waals surface area contributed by atoms with Gasteiger partial charge >= 0.3 is 0 Å². The van der Waals surface area contributed by atoms with Gasteiger partial charge in [0.05, 0.1) is 5.38 Å². The van der Waals surface area contributed by atoms with E-state index < -0.39 is 0 Å². The van der Waals surface area contributed by atoms with Gasteiger partial charge in [0.2, 0.25) is 5.51 Å². The summed E-state index contributed by atoms with van der Waals surface area (Å²) in [6.45, 7) is 5.17. The van der Waals surface area contributed by atoms with Crippen LogP contribution in [-0.4, -0.2) is 13.2 Å². The van der Waals surface area contributed by atoms with E-state index in [1.165, 1.54) is 25.7 Å². The van der Waals surface area contributed by atoms with Crippen molar-refractivity contribution in [1.29, 1.82) is 0 Å². The van der Waals surface area contributed by atoms with Crippen molar-refractivity contribution in [3.63, 3.8) is 0 Å². The Morgan fingerprint density at radius 3 is 2.67 bits per heavy atom. The molecule has 0 bridgehead atoms. The molecule has 1 aromatic heterocycles. The third-order valence-corrected chi connectivity index (χ3v) is 2.80. The lowest BCUT2D eigenvalue weighted by atomic mass is 10.3. The van der Waals surface area contributed by atoms with E-state index in [2.05, 4.69) is 28.6 Å². The Balaban J connectivity index is 0.00000196. The van der Waals surface area contributed by atoms with E-state index >= 15 is 0 Å². The second-order valence-corrected chi connectivity index (χ2v) is 4.19. The molecule has 0 fully saturated rings. The van der Waals surface area contributed by atoms with E-state index in [1.54, 1.807) is 11.3 Å². The van der Waals surface area contributed by atoms with Crippen LogP contribution < -0.4 is 28.5 Å². The topological polar surface area (TPSA) is 13.1 Å². The van der Waals surface area contributed by atoms with Gasteiger partial charge in [-0.1, -0.05) is 24.7 Å². The van der Waals surface area contributed by atoms with Crippen LogP contribution in [0.5, 0.6) is 0 Å². The van der Waals surface area contributed by atoms with E-state index in [-0.39, 0.29) is 24.0 Å². The predicted octanol–water partition coefficient (Wildman–Crippen LogP) is -0.363. The average Bonchev–Trinajstić information content (AvgIpc) is 2.69. The monoisotopic (exact) mass is 341 g/mol. The first-order chi connectivity index (χ1) is 6.93. The molecule has 0 amide bonds. The van der Waals surface area contributed by atoms with E-state index in [0.29, 0.717) is 0 Å². The van der Waals surface area contributed by atoms with Crippen molar-refractivity contribution in [1.82, 2.24) is 0 Å². The van der Waals surface area contributed by atoms with Crippen LogP contribution in [0, 0.1) is 0 Å². The van der Waals surface area contributed by atoms with Gasteiger partial charge in [0.25, 0.3) is 0 Å². The van der Waals surface area contributed by atoms with Crippen molar-refractivity contribution >= 4 is 11.3 Å². The molecule has 0 unspecified atom stereocenters. The summed E-state index contributed by atoms with van der Waals surface area (Å²) in [7, 11) is 0. The van der Waals surface area contributed by atoms with Gasteiger partial charge < -0.3 is 28.7 Å². The van der Waals surface area contributed by atoms with Gasteiger partial charge in [-0.15, -0.1) is 0 Å². The molecule has 0 saturated heterocycles. The molecule has 1 heterocycles. The fourth-order valence-electron chi connectivity index (χ4n) is 1.24. The van der Waals surface area contributed by atoms with Crippen LogP contribution in [-0.2, 0) is 11.3 Å². The van der Waals surface area contributed by atoms with Crippen LogP contribution in [0.15, 0.2) is 17.1 Å². The Labute approximate surface area is 114 Å². The molecule has 15 heavy (non-hydrogen) atoms. The number of hydrogen-bond donors (Lipinski definition) is 0. The number of aryl methyl sites for hydroxylation is 1. The molecular formula is C11H20INOS. The molecule has 0 spiro atoms. The maximum Gasteiger partial charge on any atom is 0.224 e. The highest BCUT2D eigenvalue weighted by Crippen LogP contribution is 1.95. The molecule has 0 aliphatic rings. The highest BCUT2D eigenvalue weighted by atomic mass is 127. The number of thiazole rings is 1. The van der Waals surface area contributed by atoms with E-state index in [1.807, 2.05) is 0 Å². The molecule has 4 heteroatoms. The highest BCUT2D eigenvalue weighted by Gasteiger charge is 1.98. The Kier molecular flexibility index (Phi) is 11.1. The number of ether oxygens (including phenoxy) is 1. The van der Waals surface area contributed by atoms with Crippen LogP contribution in [0.4, 0.5) is 0 Å². The number of aromatic nitrogens is 1. The first-order valence-electron chi connectivity index (χ1n) is 5.42. The maximum absolute atomic E-state index is 5.49. The summed E-state index contributed by atoms with van der Waals surface area (Å²) in [4.78, 5) is 0. The maximum atomic E-state index is 5.49. The molecule has 0 N–H and O–H groups in total. The van der Waals surface area contributed by atoms with Crippen molar-refractivity contribution in [3.05, 3.63) is 17.1 Å². The molecule has 0 radical (unpaired) electrons. The zero-order valence-corrected chi connectivity index (χ0v) is 12.3. The molecule has 1 aromatic rings. The highest BCUT2D eigenvalue weighted by molar-refractivity contribution is 7.07. The minimum Gasteiger partial charge on any atom is -1.00 e. The van der Waals surface area contributed by atoms with Crippen molar-refractivity contribution in [2.45, 2.75) is 39.2 Å². The first kappa shape index (κ1) is 15.3. The molecule has 0 aromatic carbocycles. The Bertz CT molecular complexity index is 216. The Morgan fingerprint density at radius 2 is 2.00 bits per heavy atom. The van der Waals surface area contributed by atoms with Gasteiger partial charge in [0.1, 0.15) is 6.54 Å². The third kappa shape index (κ3) is 8.16. The van der Waals surface area contributed by atoms with Crippen LogP contribution in [0.25, 0.3) is 0 Å². The Morgan fingerprint density at radius 1 is 1.20 bits per heavy atom. The summed E-state index contributed by atoms with van der Waals surface area (Å²) in [6.07, 6.45) is 6.94. The number of hydrogen-bond acceptors (Lipinski definition) is 2. The number of nitrogens with zero attached hydrogens (tertiary/aromatic N) is 1. The quantitative estimate of drug-likeness (QED) is 0.358. The van der Waals surface area contributed by atoms with E-state index in [4.69, 9.17) is 4.74 Å². The van der Waals surface area contributed by atoms with Gasteiger partial charge in [-0.05, 0) is 12.8 Å². The largest absolute Gasteiger partial charge is 1.00 e. The summed E-state index contributed by atoms with van der Waals surface area (Å²) in [5, 5.41) is 2.11. The molecule has 0 aliphatic heterocycles.